The molecule has 0 saturated heterocycles. The maximum absolute atomic E-state index is 4.11. The van der Waals surface area contributed by atoms with E-state index in [1.165, 1.54) is 4.88 Å². The minimum Gasteiger partial charge on any atom is -0.376 e. The fourth-order valence-corrected chi connectivity index (χ4v) is 2.45. The number of hydrogen-bond donors (Lipinski definition) is 1. The quantitative estimate of drug-likeness (QED) is 0.918. The Morgan fingerprint density at radius 1 is 1.47 bits per heavy atom. The molecular formula is C11H11BrN2S. The van der Waals surface area contributed by atoms with Gasteiger partial charge in [0, 0.05) is 15.5 Å². The first-order valence-corrected chi connectivity index (χ1v) is 6.33. The molecule has 0 saturated carbocycles. The molecule has 0 aliphatic carbocycles. The van der Waals surface area contributed by atoms with Gasteiger partial charge in [0.25, 0.3) is 0 Å². The van der Waals surface area contributed by atoms with E-state index >= 15 is 0 Å². The van der Waals surface area contributed by atoms with Crippen molar-refractivity contribution in [2.24, 2.45) is 0 Å². The fourth-order valence-electron chi connectivity index (χ4n) is 1.35. The van der Waals surface area contributed by atoms with Gasteiger partial charge in [-0.05, 0) is 40.4 Å². The molecule has 15 heavy (non-hydrogen) atoms. The highest BCUT2D eigenvalue weighted by atomic mass is 79.9. The molecule has 2 aromatic heterocycles. The number of nitrogens with one attached hydrogen (secondary N) is 1. The summed E-state index contributed by atoms with van der Waals surface area (Å²) in [4.78, 5) is 5.44. The van der Waals surface area contributed by atoms with Crippen LogP contribution in [-0.2, 0) is 0 Å². The molecule has 0 radical (unpaired) electrons. The number of aromatic nitrogens is 1. The summed E-state index contributed by atoms with van der Waals surface area (Å²) in [5.74, 6) is 0. The van der Waals surface area contributed by atoms with Crippen LogP contribution in [0.4, 0.5) is 5.69 Å². The zero-order valence-corrected chi connectivity index (χ0v) is 10.7. The summed E-state index contributed by atoms with van der Waals surface area (Å²) in [6.07, 6.45) is 3.61. The van der Waals surface area contributed by atoms with Crippen LogP contribution in [0, 0.1) is 0 Å². The second-order valence-corrected chi connectivity index (χ2v) is 5.17. The van der Waals surface area contributed by atoms with E-state index in [-0.39, 0.29) is 0 Å². The van der Waals surface area contributed by atoms with Gasteiger partial charge in [-0.15, -0.1) is 11.3 Å². The predicted octanol–water partition coefficient (Wildman–Crippen LogP) is 4.08. The topological polar surface area (TPSA) is 24.9 Å². The lowest BCUT2D eigenvalue weighted by Gasteiger charge is -2.13. The van der Waals surface area contributed by atoms with E-state index in [0.717, 1.165) is 10.2 Å². The lowest BCUT2D eigenvalue weighted by atomic mass is 10.2. The van der Waals surface area contributed by atoms with Crippen LogP contribution in [-0.4, -0.2) is 4.98 Å². The molecule has 0 spiro atoms. The van der Waals surface area contributed by atoms with Crippen molar-refractivity contribution >= 4 is 33.0 Å². The van der Waals surface area contributed by atoms with Crippen molar-refractivity contribution in [3.8, 4) is 0 Å². The normalized spacial score (nSPS) is 12.4. The number of thiophene rings is 1. The molecule has 0 aliphatic heterocycles. The first-order chi connectivity index (χ1) is 7.25. The Morgan fingerprint density at radius 2 is 2.33 bits per heavy atom. The molecule has 2 aromatic rings. The van der Waals surface area contributed by atoms with E-state index in [9.17, 15) is 0 Å². The SMILES string of the molecule is CC(Nc1cncc(Br)c1)c1cccs1. The Labute approximate surface area is 101 Å². The second-order valence-electron chi connectivity index (χ2n) is 3.27. The summed E-state index contributed by atoms with van der Waals surface area (Å²) >= 11 is 5.16. The number of nitrogens with zero attached hydrogens (tertiary/aromatic N) is 1. The maximum Gasteiger partial charge on any atom is 0.0578 e. The zero-order chi connectivity index (χ0) is 10.7. The van der Waals surface area contributed by atoms with Gasteiger partial charge in [0.2, 0.25) is 0 Å². The Balaban J connectivity index is 2.09. The number of anilines is 1. The fraction of sp³-hybridized carbons (Fsp3) is 0.182. The molecule has 4 heteroatoms. The number of pyridine rings is 1. The summed E-state index contributed by atoms with van der Waals surface area (Å²) in [6.45, 7) is 2.15. The van der Waals surface area contributed by atoms with E-state index in [2.05, 4.69) is 50.7 Å². The van der Waals surface area contributed by atoms with Crippen molar-refractivity contribution in [3.05, 3.63) is 45.3 Å². The monoisotopic (exact) mass is 282 g/mol. The van der Waals surface area contributed by atoms with Crippen LogP contribution in [0.3, 0.4) is 0 Å². The van der Waals surface area contributed by atoms with Gasteiger partial charge in [0.15, 0.2) is 0 Å². The van der Waals surface area contributed by atoms with Crippen molar-refractivity contribution in [1.29, 1.82) is 0 Å². The van der Waals surface area contributed by atoms with Gasteiger partial charge in [-0.1, -0.05) is 6.07 Å². The average Bonchev–Trinajstić information content (AvgIpc) is 2.70. The molecule has 1 N–H and O–H groups in total. The Hall–Kier alpha value is -0.870. The highest BCUT2D eigenvalue weighted by Gasteiger charge is 2.05. The molecule has 2 heterocycles. The van der Waals surface area contributed by atoms with Gasteiger partial charge >= 0.3 is 0 Å². The molecular weight excluding hydrogens is 272 g/mol. The first kappa shape index (κ1) is 10.6. The van der Waals surface area contributed by atoms with Crippen LogP contribution in [0.1, 0.15) is 17.8 Å². The Kier molecular flexibility index (Phi) is 3.38. The molecule has 2 rings (SSSR count). The van der Waals surface area contributed by atoms with Crippen molar-refractivity contribution in [1.82, 2.24) is 4.98 Å². The predicted molar refractivity (Wildman–Crippen MR) is 68.3 cm³/mol. The lowest BCUT2D eigenvalue weighted by molar-refractivity contribution is 0.905. The van der Waals surface area contributed by atoms with Crippen LogP contribution >= 0.6 is 27.3 Å². The van der Waals surface area contributed by atoms with Crippen molar-refractivity contribution in [3.63, 3.8) is 0 Å². The Morgan fingerprint density at radius 3 is 3.00 bits per heavy atom. The van der Waals surface area contributed by atoms with Crippen LogP contribution in [0.5, 0.6) is 0 Å². The highest BCUT2D eigenvalue weighted by Crippen LogP contribution is 2.23. The van der Waals surface area contributed by atoms with Gasteiger partial charge in [0.1, 0.15) is 0 Å². The third-order valence-corrected chi connectivity index (χ3v) is 3.55. The Bertz CT molecular complexity index is 428. The van der Waals surface area contributed by atoms with Gasteiger partial charge < -0.3 is 5.32 Å². The third kappa shape index (κ3) is 2.79. The molecule has 0 fully saturated rings. The van der Waals surface area contributed by atoms with Crippen LogP contribution in [0.2, 0.25) is 0 Å². The summed E-state index contributed by atoms with van der Waals surface area (Å²) < 4.78 is 0.992. The minimum atomic E-state index is 0.320. The summed E-state index contributed by atoms with van der Waals surface area (Å²) in [5, 5.41) is 5.49. The van der Waals surface area contributed by atoms with E-state index < -0.39 is 0 Å². The number of rotatable bonds is 3. The van der Waals surface area contributed by atoms with Gasteiger partial charge in [0.05, 0.1) is 17.9 Å². The zero-order valence-electron chi connectivity index (χ0n) is 8.27. The van der Waals surface area contributed by atoms with Crippen LogP contribution in [0.25, 0.3) is 0 Å². The highest BCUT2D eigenvalue weighted by molar-refractivity contribution is 9.10. The van der Waals surface area contributed by atoms with E-state index in [0.29, 0.717) is 6.04 Å². The van der Waals surface area contributed by atoms with Gasteiger partial charge in [-0.3, -0.25) is 4.98 Å². The van der Waals surface area contributed by atoms with Crippen molar-refractivity contribution < 1.29 is 0 Å². The first-order valence-electron chi connectivity index (χ1n) is 4.66. The molecule has 0 aliphatic rings. The molecule has 0 bridgehead atoms. The molecule has 2 nitrogen and oxygen atoms in total. The largest absolute Gasteiger partial charge is 0.376 e. The second kappa shape index (κ2) is 4.77. The molecule has 0 amide bonds. The lowest BCUT2D eigenvalue weighted by Crippen LogP contribution is -2.04. The molecule has 1 atom stereocenters. The summed E-state index contributed by atoms with van der Waals surface area (Å²) in [7, 11) is 0. The third-order valence-electron chi connectivity index (χ3n) is 2.06. The smallest absolute Gasteiger partial charge is 0.0578 e. The van der Waals surface area contributed by atoms with Crippen LogP contribution in [0.15, 0.2) is 40.4 Å². The van der Waals surface area contributed by atoms with Crippen LogP contribution < -0.4 is 5.32 Å². The molecule has 78 valence electrons. The van der Waals surface area contributed by atoms with E-state index in [1.807, 2.05) is 12.3 Å². The van der Waals surface area contributed by atoms with Crippen molar-refractivity contribution in [2.45, 2.75) is 13.0 Å². The minimum absolute atomic E-state index is 0.320. The maximum atomic E-state index is 4.11. The van der Waals surface area contributed by atoms with Crippen molar-refractivity contribution in [2.75, 3.05) is 5.32 Å². The molecule has 0 aromatic carbocycles. The summed E-state index contributed by atoms with van der Waals surface area (Å²) in [6, 6.07) is 6.54. The standard InChI is InChI=1S/C11H11BrN2S/c1-8(11-3-2-4-15-11)14-10-5-9(12)6-13-7-10/h2-8,14H,1H3. The number of halogens is 1. The number of hydrogen-bond acceptors (Lipinski definition) is 3. The van der Waals surface area contributed by atoms with E-state index in [1.54, 1.807) is 17.5 Å². The average molecular weight is 283 g/mol. The van der Waals surface area contributed by atoms with E-state index in [4.69, 9.17) is 0 Å². The molecule has 1 unspecified atom stereocenters. The van der Waals surface area contributed by atoms with Gasteiger partial charge in [-0.2, -0.15) is 0 Å². The van der Waals surface area contributed by atoms with Gasteiger partial charge in [-0.25, -0.2) is 0 Å². The summed E-state index contributed by atoms with van der Waals surface area (Å²) in [5.41, 5.74) is 1.03.